The number of hydrogen-bond donors (Lipinski definition) is 0. The molecule has 31 heavy (non-hydrogen) atoms. The van der Waals surface area contributed by atoms with Crippen molar-refractivity contribution in [1.82, 2.24) is 14.5 Å². The van der Waals surface area contributed by atoms with Crippen molar-refractivity contribution in [3.8, 4) is 0 Å². The lowest BCUT2D eigenvalue weighted by Gasteiger charge is -2.12. The molecule has 0 fully saturated rings. The van der Waals surface area contributed by atoms with Gasteiger partial charge in [-0.25, -0.2) is 14.4 Å². The van der Waals surface area contributed by atoms with Crippen molar-refractivity contribution in [2.24, 2.45) is 0 Å². The minimum atomic E-state index is -0.297. The molecule has 0 saturated carbocycles. The largest absolute Gasteiger partial charge is 0.282 e. The maximum atomic E-state index is 13.5. The van der Waals surface area contributed by atoms with E-state index in [4.69, 9.17) is 4.98 Å². The second-order valence-electron chi connectivity index (χ2n) is 7.32. The van der Waals surface area contributed by atoms with Crippen LogP contribution < -0.4 is 5.56 Å². The normalized spacial score (nSPS) is 11.4. The molecule has 0 unspecified atom stereocenters. The second-order valence-corrected chi connectivity index (χ2v) is 9.26. The SMILES string of the molecule is Cc1ccc(CSc2nc3c(sc4ncccc43)c(=O)n2Cc2ccc(F)cc2)cc1. The van der Waals surface area contributed by atoms with Gasteiger partial charge in [-0.2, -0.15) is 0 Å². The van der Waals surface area contributed by atoms with Gasteiger partial charge in [0.25, 0.3) is 5.56 Å². The topological polar surface area (TPSA) is 47.8 Å². The molecular formula is C24H18FN3OS2. The lowest BCUT2D eigenvalue weighted by molar-refractivity contribution is 0.623. The third-order valence-electron chi connectivity index (χ3n) is 5.06. The van der Waals surface area contributed by atoms with E-state index in [9.17, 15) is 9.18 Å². The van der Waals surface area contributed by atoms with Gasteiger partial charge < -0.3 is 0 Å². The number of aromatic nitrogens is 3. The fraction of sp³-hybridized carbons (Fsp3) is 0.125. The molecule has 3 aromatic heterocycles. The molecule has 5 rings (SSSR count). The van der Waals surface area contributed by atoms with Crippen molar-refractivity contribution in [2.75, 3.05) is 0 Å². The minimum Gasteiger partial charge on any atom is -0.282 e. The van der Waals surface area contributed by atoms with Crippen molar-refractivity contribution in [2.45, 2.75) is 24.4 Å². The molecule has 0 aliphatic carbocycles. The zero-order valence-corrected chi connectivity index (χ0v) is 18.3. The molecule has 5 aromatic rings. The van der Waals surface area contributed by atoms with E-state index in [-0.39, 0.29) is 11.4 Å². The first-order chi connectivity index (χ1) is 15.1. The van der Waals surface area contributed by atoms with Gasteiger partial charge >= 0.3 is 0 Å². The molecule has 154 valence electrons. The molecule has 2 aromatic carbocycles. The standard InChI is InChI=1S/C24H18FN3OS2/c1-15-4-6-17(7-5-15)14-30-24-27-20-19-3-2-12-26-22(19)31-21(20)23(29)28(24)13-16-8-10-18(25)11-9-16/h2-12H,13-14H2,1H3. The van der Waals surface area contributed by atoms with Crippen molar-refractivity contribution >= 4 is 43.5 Å². The quantitative estimate of drug-likeness (QED) is 0.253. The Morgan fingerprint density at radius 2 is 1.77 bits per heavy atom. The van der Waals surface area contributed by atoms with Gasteiger partial charge in [0.2, 0.25) is 0 Å². The van der Waals surface area contributed by atoms with Gasteiger partial charge in [-0.05, 0) is 42.3 Å². The molecule has 0 spiro atoms. The average molecular weight is 448 g/mol. The summed E-state index contributed by atoms with van der Waals surface area (Å²) in [6, 6.07) is 18.4. The molecule has 7 heteroatoms. The average Bonchev–Trinajstić information content (AvgIpc) is 3.16. The Bertz CT molecular complexity index is 1440. The van der Waals surface area contributed by atoms with Crippen LogP contribution in [0, 0.1) is 12.7 Å². The first-order valence-electron chi connectivity index (χ1n) is 9.79. The highest BCUT2D eigenvalue weighted by atomic mass is 32.2. The van der Waals surface area contributed by atoms with Crippen LogP contribution in [-0.2, 0) is 12.3 Å². The molecule has 0 aliphatic rings. The van der Waals surface area contributed by atoms with E-state index in [0.29, 0.717) is 27.7 Å². The summed E-state index contributed by atoms with van der Waals surface area (Å²) in [7, 11) is 0. The van der Waals surface area contributed by atoms with E-state index >= 15 is 0 Å². The zero-order valence-electron chi connectivity index (χ0n) is 16.7. The Hall–Kier alpha value is -3.03. The van der Waals surface area contributed by atoms with Gasteiger partial charge in [-0.3, -0.25) is 9.36 Å². The fourth-order valence-corrected chi connectivity index (χ4v) is 5.37. The lowest BCUT2D eigenvalue weighted by Crippen LogP contribution is -2.23. The first kappa shape index (κ1) is 19.9. The van der Waals surface area contributed by atoms with E-state index in [1.165, 1.54) is 40.8 Å². The molecule has 0 bridgehead atoms. The van der Waals surface area contributed by atoms with Gasteiger partial charge in [-0.15, -0.1) is 11.3 Å². The smallest absolute Gasteiger partial charge is 0.272 e. The Kier molecular flexibility index (Phi) is 5.29. The molecule has 0 atom stereocenters. The van der Waals surface area contributed by atoms with Crippen LogP contribution in [-0.4, -0.2) is 14.5 Å². The minimum absolute atomic E-state index is 0.0938. The molecule has 0 saturated heterocycles. The monoisotopic (exact) mass is 447 g/mol. The van der Waals surface area contributed by atoms with Gasteiger partial charge in [0.15, 0.2) is 5.16 Å². The van der Waals surface area contributed by atoms with Crippen LogP contribution in [0.4, 0.5) is 4.39 Å². The molecule has 0 amide bonds. The van der Waals surface area contributed by atoms with E-state index in [1.54, 1.807) is 22.9 Å². The van der Waals surface area contributed by atoms with Crippen LogP contribution in [0.3, 0.4) is 0 Å². The van der Waals surface area contributed by atoms with Crippen molar-refractivity contribution in [1.29, 1.82) is 0 Å². The van der Waals surface area contributed by atoms with Crippen LogP contribution >= 0.6 is 23.1 Å². The highest BCUT2D eigenvalue weighted by molar-refractivity contribution is 7.98. The van der Waals surface area contributed by atoms with Gasteiger partial charge in [0.1, 0.15) is 15.3 Å². The van der Waals surface area contributed by atoms with Crippen molar-refractivity contribution < 1.29 is 4.39 Å². The number of fused-ring (bicyclic) bond motifs is 3. The predicted molar refractivity (Wildman–Crippen MR) is 125 cm³/mol. The van der Waals surface area contributed by atoms with E-state index in [0.717, 1.165) is 21.3 Å². The van der Waals surface area contributed by atoms with Crippen molar-refractivity contribution in [3.63, 3.8) is 0 Å². The number of thioether (sulfide) groups is 1. The summed E-state index contributed by atoms with van der Waals surface area (Å²) in [5.74, 6) is 0.399. The van der Waals surface area contributed by atoms with Crippen LogP contribution in [0.15, 0.2) is 76.8 Å². The van der Waals surface area contributed by atoms with Gasteiger partial charge in [0, 0.05) is 17.3 Å². The number of hydrogen-bond acceptors (Lipinski definition) is 5. The number of pyridine rings is 1. The Morgan fingerprint density at radius 3 is 2.55 bits per heavy atom. The Morgan fingerprint density at radius 1 is 1.03 bits per heavy atom. The predicted octanol–water partition coefficient (Wildman–Crippen LogP) is 5.79. The second kappa shape index (κ2) is 8.24. The zero-order chi connectivity index (χ0) is 21.4. The van der Waals surface area contributed by atoms with Crippen LogP contribution in [0.25, 0.3) is 20.4 Å². The van der Waals surface area contributed by atoms with Crippen LogP contribution in [0.2, 0.25) is 0 Å². The number of nitrogens with zero attached hydrogens (tertiary/aromatic N) is 3. The summed E-state index contributed by atoms with van der Waals surface area (Å²) in [5.41, 5.74) is 3.82. The third kappa shape index (κ3) is 3.98. The molecule has 0 aliphatic heterocycles. The summed E-state index contributed by atoms with van der Waals surface area (Å²) in [4.78, 5) is 23.6. The van der Waals surface area contributed by atoms with E-state index in [2.05, 4.69) is 36.2 Å². The number of rotatable bonds is 5. The number of halogens is 1. The maximum Gasteiger partial charge on any atom is 0.272 e. The highest BCUT2D eigenvalue weighted by Crippen LogP contribution is 2.31. The Balaban J connectivity index is 1.62. The molecule has 3 heterocycles. The summed E-state index contributed by atoms with van der Waals surface area (Å²) < 4.78 is 15.6. The summed E-state index contributed by atoms with van der Waals surface area (Å²) in [6.07, 6.45) is 1.72. The van der Waals surface area contributed by atoms with Crippen molar-refractivity contribution in [3.05, 3.63) is 99.7 Å². The Labute approximate surface area is 186 Å². The first-order valence-corrected chi connectivity index (χ1v) is 11.6. The van der Waals surface area contributed by atoms with Gasteiger partial charge in [0.05, 0.1) is 12.1 Å². The summed E-state index contributed by atoms with van der Waals surface area (Å²) in [6.45, 7) is 2.39. The lowest BCUT2D eigenvalue weighted by atomic mass is 10.2. The van der Waals surface area contributed by atoms with Crippen LogP contribution in [0.1, 0.15) is 16.7 Å². The molecule has 4 nitrogen and oxygen atoms in total. The van der Waals surface area contributed by atoms with Gasteiger partial charge in [-0.1, -0.05) is 53.7 Å². The van der Waals surface area contributed by atoms with Crippen LogP contribution in [0.5, 0.6) is 0 Å². The number of aryl methyl sites for hydroxylation is 1. The van der Waals surface area contributed by atoms with E-state index in [1.807, 2.05) is 12.1 Å². The molecule has 0 N–H and O–H groups in total. The fourth-order valence-electron chi connectivity index (χ4n) is 3.40. The number of thiophene rings is 1. The molecule has 0 radical (unpaired) electrons. The highest BCUT2D eigenvalue weighted by Gasteiger charge is 2.17. The number of benzene rings is 2. The molecular weight excluding hydrogens is 429 g/mol. The maximum absolute atomic E-state index is 13.5. The third-order valence-corrected chi connectivity index (χ3v) is 7.20. The summed E-state index contributed by atoms with van der Waals surface area (Å²) in [5, 5.41) is 1.54. The van der Waals surface area contributed by atoms with E-state index < -0.39 is 0 Å². The summed E-state index contributed by atoms with van der Waals surface area (Å²) >= 11 is 2.90.